The molecule has 1 heterocycles. The van der Waals surface area contributed by atoms with Gasteiger partial charge < -0.3 is 5.73 Å². The molecule has 2 aromatic rings. The number of hydrogen-bond donors (Lipinski definition) is 2. The number of rotatable bonds is 2. The van der Waals surface area contributed by atoms with Crippen LogP contribution < -0.4 is 5.73 Å². The van der Waals surface area contributed by atoms with Crippen LogP contribution in [0.25, 0.3) is 5.69 Å². The van der Waals surface area contributed by atoms with Crippen molar-refractivity contribution in [1.82, 2.24) is 9.78 Å². The van der Waals surface area contributed by atoms with Crippen LogP contribution in [0.4, 0.5) is 0 Å². The first kappa shape index (κ1) is 10.9. The second-order valence-electron chi connectivity index (χ2n) is 3.54. The highest BCUT2D eigenvalue weighted by molar-refractivity contribution is 9.10. The topological polar surface area (TPSA) is 67.7 Å². The zero-order chi connectivity index (χ0) is 11.7. The number of amidine groups is 1. The van der Waals surface area contributed by atoms with Gasteiger partial charge in [0.15, 0.2) is 0 Å². The molecule has 0 aliphatic carbocycles. The minimum absolute atomic E-state index is 0.0592. The van der Waals surface area contributed by atoms with E-state index in [-0.39, 0.29) is 5.84 Å². The molecular formula is C11H11BrN4. The van der Waals surface area contributed by atoms with Crippen LogP contribution in [-0.4, -0.2) is 15.6 Å². The van der Waals surface area contributed by atoms with Crippen LogP contribution in [0, 0.1) is 12.3 Å². The van der Waals surface area contributed by atoms with Gasteiger partial charge in [-0.05, 0) is 46.6 Å². The van der Waals surface area contributed by atoms with Gasteiger partial charge in [-0.2, -0.15) is 5.10 Å². The molecule has 0 unspecified atom stereocenters. The van der Waals surface area contributed by atoms with E-state index in [0.29, 0.717) is 5.56 Å². The Hall–Kier alpha value is -1.62. The van der Waals surface area contributed by atoms with Gasteiger partial charge in [0.1, 0.15) is 5.84 Å². The van der Waals surface area contributed by atoms with Crippen molar-refractivity contribution in [1.29, 1.82) is 5.41 Å². The molecule has 0 atom stereocenters. The molecule has 0 saturated carbocycles. The molecule has 5 heteroatoms. The van der Waals surface area contributed by atoms with Crippen LogP contribution in [0.1, 0.15) is 11.1 Å². The van der Waals surface area contributed by atoms with E-state index in [2.05, 4.69) is 21.0 Å². The molecule has 0 amide bonds. The third-order valence-corrected chi connectivity index (χ3v) is 2.85. The summed E-state index contributed by atoms with van der Waals surface area (Å²) in [5.74, 6) is 0.0592. The summed E-state index contributed by atoms with van der Waals surface area (Å²) in [7, 11) is 0. The van der Waals surface area contributed by atoms with Crippen molar-refractivity contribution in [2.45, 2.75) is 6.92 Å². The molecule has 16 heavy (non-hydrogen) atoms. The summed E-state index contributed by atoms with van der Waals surface area (Å²) in [6.45, 7) is 1.99. The number of aryl methyl sites for hydroxylation is 1. The van der Waals surface area contributed by atoms with Crippen LogP contribution in [0.5, 0.6) is 0 Å². The van der Waals surface area contributed by atoms with E-state index in [1.54, 1.807) is 16.9 Å². The molecular weight excluding hydrogens is 268 g/mol. The predicted molar refractivity (Wildman–Crippen MR) is 67.0 cm³/mol. The predicted octanol–water partition coefficient (Wildman–Crippen LogP) is 2.23. The third-order valence-electron chi connectivity index (χ3n) is 2.22. The van der Waals surface area contributed by atoms with Crippen molar-refractivity contribution in [2.75, 3.05) is 0 Å². The van der Waals surface area contributed by atoms with E-state index < -0.39 is 0 Å². The smallest absolute Gasteiger partial charge is 0.122 e. The van der Waals surface area contributed by atoms with Gasteiger partial charge in [-0.25, -0.2) is 4.68 Å². The van der Waals surface area contributed by atoms with Crippen molar-refractivity contribution in [3.63, 3.8) is 0 Å². The number of halogens is 1. The lowest BCUT2D eigenvalue weighted by molar-refractivity contribution is 0.875. The van der Waals surface area contributed by atoms with Gasteiger partial charge in [0, 0.05) is 16.2 Å². The molecule has 3 N–H and O–H groups in total. The van der Waals surface area contributed by atoms with Crippen molar-refractivity contribution in [3.05, 3.63) is 46.2 Å². The SMILES string of the molecule is Cc1cnn(-c2ccc(C(=N)N)cc2Br)c1. The molecule has 0 saturated heterocycles. The van der Waals surface area contributed by atoms with Crippen molar-refractivity contribution in [3.8, 4) is 5.69 Å². The Morgan fingerprint density at radius 3 is 2.75 bits per heavy atom. The first-order valence-corrected chi connectivity index (χ1v) is 5.53. The number of nitrogens with one attached hydrogen (secondary N) is 1. The monoisotopic (exact) mass is 278 g/mol. The van der Waals surface area contributed by atoms with E-state index >= 15 is 0 Å². The van der Waals surface area contributed by atoms with Crippen molar-refractivity contribution >= 4 is 21.8 Å². The molecule has 0 fully saturated rings. The highest BCUT2D eigenvalue weighted by Gasteiger charge is 2.05. The number of nitrogens with two attached hydrogens (primary N) is 1. The standard InChI is InChI=1S/C11H11BrN4/c1-7-5-15-16(6-7)10-3-2-8(11(13)14)4-9(10)12/h2-6H,1H3,(H3,13,14). The molecule has 0 aliphatic heterocycles. The van der Waals surface area contributed by atoms with E-state index in [9.17, 15) is 0 Å². The average molecular weight is 279 g/mol. The molecule has 0 radical (unpaired) electrons. The minimum atomic E-state index is 0.0592. The minimum Gasteiger partial charge on any atom is -0.384 e. The number of nitrogens with zero attached hydrogens (tertiary/aromatic N) is 2. The van der Waals surface area contributed by atoms with E-state index in [1.807, 2.05) is 25.3 Å². The summed E-state index contributed by atoms with van der Waals surface area (Å²) >= 11 is 3.45. The average Bonchev–Trinajstić information content (AvgIpc) is 2.64. The zero-order valence-corrected chi connectivity index (χ0v) is 10.3. The van der Waals surface area contributed by atoms with Crippen LogP contribution in [0.15, 0.2) is 35.1 Å². The molecule has 0 spiro atoms. The van der Waals surface area contributed by atoms with Gasteiger partial charge in [0.25, 0.3) is 0 Å². The van der Waals surface area contributed by atoms with Gasteiger partial charge in [-0.1, -0.05) is 0 Å². The molecule has 1 aromatic carbocycles. The molecule has 0 aliphatic rings. The first-order chi connectivity index (χ1) is 7.58. The Labute approximate surface area is 102 Å². The van der Waals surface area contributed by atoms with E-state index in [4.69, 9.17) is 11.1 Å². The van der Waals surface area contributed by atoms with Gasteiger partial charge in [0.05, 0.1) is 11.9 Å². The highest BCUT2D eigenvalue weighted by Crippen LogP contribution is 2.22. The number of aromatic nitrogens is 2. The summed E-state index contributed by atoms with van der Waals surface area (Å²) in [6, 6.07) is 5.50. The van der Waals surface area contributed by atoms with E-state index in [0.717, 1.165) is 15.7 Å². The Kier molecular flexibility index (Phi) is 2.78. The Balaban J connectivity index is 2.47. The van der Waals surface area contributed by atoms with Gasteiger partial charge in [0.2, 0.25) is 0 Å². The fraction of sp³-hybridized carbons (Fsp3) is 0.0909. The van der Waals surface area contributed by atoms with Crippen molar-refractivity contribution < 1.29 is 0 Å². The van der Waals surface area contributed by atoms with Crippen LogP contribution in [-0.2, 0) is 0 Å². The van der Waals surface area contributed by atoms with Gasteiger partial charge in [-0.3, -0.25) is 5.41 Å². The molecule has 82 valence electrons. The lowest BCUT2D eigenvalue weighted by atomic mass is 10.2. The molecule has 1 aromatic heterocycles. The normalized spacial score (nSPS) is 10.4. The lowest BCUT2D eigenvalue weighted by Crippen LogP contribution is -2.11. The second-order valence-corrected chi connectivity index (χ2v) is 4.40. The number of hydrogen-bond acceptors (Lipinski definition) is 2. The number of benzene rings is 1. The maximum Gasteiger partial charge on any atom is 0.122 e. The Morgan fingerprint density at radius 2 is 2.25 bits per heavy atom. The quantitative estimate of drug-likeness (QED) is 0.653. The summed E-state index contributed by atoms with van der Waals surface area (Å²) in [4.78, 5) is 0. The molecule has 0 bridgehead atoms. The largest absolute Gasteiger partial charge is 0.384 e. The van der Waals surface area contributed by atoms with E-state index in [1.165, 1.54) is 0 Å². The maximum atomic E-state index is 7.35. The third kappa shape index (κ3) is 1.99. The van der Waals surface area contributed by atoms with Crippen LogP contribution in [0.3, 0.4) is 0 Å². The van der Waals surface area contributed by atoms with Gasteiger partial charge >= 0.3 is 0 Å². The first-order valence-electron chi connectivity index (χ1n) is 4.73. The fourth-order valence-electron chi connectivity index (χ4n) is 1.40. The Morgan fingerprint density at radius 1 is 1.50 bits per heavy atom. The zero-order valence-electron chi connectivity index (χ0n) is 8.74. The molecule has 2 rings (SSSR count). The van der Waals surface area contributed by atoms with Crippen LogP contribution in [0.2, 0.25) is 0 Å². The lowest BCUT2D eigenvalue weighted by Gasteiger charge is -2.06. The second kappa shape index (κ2) is 4.09. The fourth-order valence-corrected chi connectivity index (χ4v) is 1.97. The van der Waals surface area contributed by atoms with Crippen LogP contribution >= 0.6 is 15.9 Å². The summed E-state index contributed by atoms with van der Waals surface area (Å²) < 4.78 is 2.65. The Bertz CT molecular complexity index is 545. The molecule has 4 nitrogen and oxygen atoms in total. The highest BCUT2D eigenvalue weighted by atomic mass is 79.9. The summed E-state index contributed by atoms with van der Waals surface area (Å²) in [5, 5.41) is 11.6. The summed E-state index contributed by atoms with van der Waals surface area (Å²) in [6.07, 6.45) is 3.73. The maximum absolute atomic E-state index is 7.35. The number of nitrogen functional groups attached to an aromatic ring is 1. The summed E-state index contributed by atoms with van der Waals surface area (Å²) in [5.41, 5.74) is 8.14. The van der Waals surface area contributed by atoms with Gasteiger partial charge in [-0.15, -0.1) is 0 Å². The van der Waals surface area contributed by atoms with Crippen molar-refractivity contribution in [2.24, 2.45) is 5.73 Å².